The number of piperidine rings is 1. The van der Waals surface area contributed by atoms with Crippen LogP contribution in [0, 0.1) is 0 Å². The molecule has 0 unspecified atom stereocenters. The van der Waals surface area contributed by atoms with Crippen LogP contribution < -0.4 is 5.32 Å². The number of imidazole rings is 1. The molecule has 1 aromatic heterocycles. The minimum absolute atomic E-state index is 0.0702. The Labute approximate surface area is 111 Å². The van der Waals surface area contributed by atoms with Gasteiger partial charge in [-0.1, -0.05) is 0 Å². The predicted molar refractivity (Wildman–Crippen MR) is 67.6 cm³/mol. The second-order valence-electron chi connectivity index (χ2n) is 4.51. The molecule has 1 saturated heterocycles. The Morgan fingerprint density at radius 1 is 1.42 bits per heavy atom. The van der Waals surface area contributed by atoms with Crippen LogP contribution in [0.2, 0.25) is 0 Å². The molecular weight excluding hydrogens is 248 g/mol. The van der Waals surface area contributed by atoms with Crippen molar-refractivity contribution in [1.82, 2.24) is 19.8 Å². The minimum atomic E-state index is -0.109. The first-order valence-corrected chi connectivity index (χ1v) is 6.26. The van der Waals surface area contributed by atoms with E-state index in [1.807, 2.05) is 0 Å². The molecule has 1 aromatic rings. The van der Waals surface area contributed by atoms with Gasteiger partial charge in [0, 0.05) is 38.6 Å². The third-order valence-corrected chi connectivity index (χ3v) is 3.13. The zero-order chi connectivity index (χ0) is 13.7. The third-order valence-electron chi connectivity index (χ3n) is 3.13. The van der Waals surface area contributed by atoms with Crippen LogP contribution in [0.15, 0.2) is 18.7 Å². The van der Waals surface area contributed by atoms with Crippen molar-refractivity contribution in [3.63, 3.8) is 0 Å². The van der Waals surface area contributed by atoms with Gasteiger partial charge in [0.1, 0.15) is 12.9 Å². The van der Waals surface area contributed by atoms with E-state index in [0.717, 1.165) is 12.8 Å². The molecule has 0 aliphatic carbocycles. The van der Waals surface area contributed by atoms with Crippen LogP contribution in [-0.2, 0) is 9.53 Å². The fourth-order valence-corrected chi connectivity index (χ4v) is 2.15. The molecule has 1 aliphatic heterocycles. The molecule has 2 rings (SSSR count). The van der Waals surface area contributed by atoms with E-state index in [1.54, 1.807) is 17.3 Å². The Morgan fingerprint density at radius 2 is 2.16 bits per heavy atom. The molecule has 0 saturated carbocycles. The van der Waals surface area contributed by atoms with Crippen molar-refractivity contribution in [2.24, 2.45) is 0 Å². The second-order valence-corrected chi connectivity index (χ2v) is 4.51. The molecular formula is C12H18N4O3. The quantitative estimate of drug-likeness (QED) is 0.840. The van der Waals surface area contributed by atoms with Crippen molar-refractivity contribution < 1.29 is 14.3 Å². The summed E-state index contributed by atoms with van der Waals surface area (Å²) in [7, 11) is 1.49. The van der Waals surface area contributed by atoms with Crippen LogP contribution in [0.25, 0.3) is 0 Å². The van der Waals surface area contributed by atoms with E-state index in [4.69, 9.17) is 4.74 Å². The lowest BCUT2D eigenvalue weighted by molar-refractivity contribution is -0.125. The number of hydrogen-bond acceptors (Lipinski definition) is 4. The number of ether oxygens (including phenoxy) is 1. The SMILES string of the molecule is COCC(=O)NC1CCN(C(=O)n2ccnc2)CC1. The zero-order valence-corrected chi connectivity index (χ0v) is 10.9. The maximum absolute atomic E-state index is 12.0. The number of rotatable bonds is 3. The van der Waals surface area contributed by atoms with E-state index in [0.29, 0.717) is 13.1 Å². The molecule has 104 valence electrons. The molecule has 0 radical (unpaired) electrons. The molecule has 2 heterocycles. The third kappa shape index (κ3) is 3.54. The van der Waals surface area contributed by atoms with E-state index in [1.165, 1.54) is 18.0 Å². The number of carbonyl (C=O) groups excluding carboxylic acids is 2. The Hall–Kier alpha value is -1.89. The number of carbonyl (C=O) groups is 2. The van der Waals surface area contributed by atoms with Gasteiger partial charge < -0.3 is 15.0 Å². The zero-order valence-electron chi connectivity index (χ0n) is 10.9. The highest BCUT2D eigenvalue weighted by atomic mass is 16.5. The fourth-order valence-electron chi connectivity index (χ4n) is 2.15. The van der Waals surface area contributed by atoms with Gasteiger partial charge in [-0.15, -0.1) is 0 Å². The van der Waals surface area contributed by atoms with Gasteiger partial charge >= 0.3 is 6.03 Å². The topological polar surface area (TPSA) is 76.5 Å². The van der Waals surface area contributed by atoms with E-state index < -0.39 is 0 Å². The summed E-state index contributed by atoms with van der Waals surface area (Å²) >= 11 is 0. The van der Waals surface area contributed by atoms with E-state index in [2.05, 4.69) is 10.3 Å². The van der Waals surface area contributed by atoms with Gasteiger partial charge in [-0.2, -0.15) is 0 Å². The summed E-state index contributed by atoms with van der Waals surface area (Å²) in [5.74, 6) is -0.109. The summed E-state index contributed by atoms with van der Waals surface area (Å²) in [6, 6.07) is 0.0497. The van der Waals surface area contributed by atoms with Crippen LogP contribution in [0.4, 0.5) is 4.79 Å². The highest BCUT2D eigenvalue weighted by molar-refractivity contribution is 5.78. The standard InChI is InChI=1S/C12H18N4O3/c1-19-8-11(17)14-10-2-5-15(6-3-10)12(18)16-7-4-13-9-16/h4,7,9-10H,2-3,5-6,8H2,1H3,(H,14,17). The van der Waals surface area contributed by atoms with E-state index >= 15 is 0 Å². The summed E-state index contributed by atoms with van der Waals surface area (Å²) in [5, 5.41) is 2.89. The summed E-state index contributed by atoms with van der Waals surface area (Å²) in [5.41, 5.74) is 0. The van der Waals surface area contributed by atoms with Gasteiger partial charge in [0.05, 0.1) is 0 Å². The van der Waals surface area contributed by atoms with Gasteiger partial charge in [-0.05, 0) is 12.8 Å². The molecule has 1 N–H and O–H groups in total. The van der Waals surface area contributed by atoms with E-state index in [-0.39, 0.29) is 24.6 Å². The molecule has 1 aliphatic rings. The average molecular weight is 266 g/mol. The van der Waals surface area contributed by atoms with Gasteiger partial charge in [0.15, 0.2) is 0 Å². The summed E-state index contributed by atoms with van der Waals surface area (Å²) < 4.78 is 6.23. The number of hydrogen-bond donors (Lipinski definition) is 1. The molecule has 7 nitrogen and oxygen atoms in total. The predicted octanol–water partition coefficient (Wildman–Crippen LogP) is 0.0782. The van der Waals surface area contributed by atoms with Crippen LogP contribution in [0.5, 0.6) is 0 Å². The highest BCUT2D eigenvalue weighted by Gasteiger charge is 2.24. The first-order valence-electron chi connectivity index (χ1n) is 6.26. The van der Waals surface area contributed by atoms with Crippen molar-refractivity contribution in [1.29, 1.82) is 0 Å². The van der Waals surface area contributed by atoms with Gasteiger partial charge in [0.2, 0.25) is 5.91 Å². The molecule has 0 aromatic carbocycles. The molecule has 1 fully saturated rings. The number of likely N-dealkylation sites (tertiary alicyclic amines) is 1. The number of amides is 2. The van der Waals surface area contributed by atoms with Crippen molar-refractivity contribution in [3.05, 3.63) is 18.7 Å². The van der Waals surface area contributed by atoms with Crippen molar-refractivity contribution in [3.8, 4) is 0 Å². The number of methoxy groups -OCH3 is 1. The number of nitrogens with one attached hydrogen (secondary N) is 1. The minimum Gasteiger partial charge on any atom is -0.375 e. The Bertz CT molecular complexity index is 424. The number of aromatic nitrogens is 2. The van der Waals surface area contributed by atoms with Gasteiger partial charge in [0.25, 0.3) is 0 Å². The smallest absolute Gasteiger partial charge is 0.329 e. The normalized spacial score (nSPS) is 16.4. The summed E-state index contributed by atoms with van der Waals surface area (Å²) in [6.07, 6.45) is 6.23. The lowest BCUT2D eigenvalue weighted by Gasteiger charge is -2.32. The summed E-state index contributed by atoms with van der Waals surface area (Å²) in [4.78, 5) is 29.0. The van der Waals surface area contributed by atoms with Crippen LogP contribution in [0.1, 0.15) is 12.8 Å². The van der Waals surface area contributed by atoms with Crippen molar-refractivity contribution in [2.75, 3.05) is 26.8 Å². The fraction of sp³-hybridized carbons (Fsp3) is 0.583. The Morgan fingerprint density at radius 3 is 2.74 bits per heavy atom. The molecule has 7 heteroatoms. The molecule has 0 bridgehead atoms. The van der Waals surface area contributed by atoms with Crippen molar-refractivity contribution in [2.45, 2.75) is 18.9 Å². The highest BCUT2D eigenvalue weighted by Crippen LogP contribution is 2.11. The maximum Gasteiger partial charge on any atom is 0.329 e. The average Bonchev–Trinajstić information content (AvgIpc) is 2.93. The first-order chi connectivity index (χ1) is 9.20. The maximum atomic E-state index is 12.0. The molecule has 0 atom stereocenters. The second kappa shape index (κ2) is 6.33. The van der Waals surface area contributed by atoms with Crippen molar-refractivity contribution >= 4 is 11.9 Å². The summed E-state index contributed by atoms with van der Waals surface area (Å²) in [6.45, 7) is 1.35. The van der Waals surface area contributed by atoms with E-state index in [9.17, 15) is 9.59 Å². The van der Waals surface area contributed by atoms with Crippen LogP contribution in [0.3, 0.4) is 0 Å². The molecule has 19 heavy (non-hydrogen) atoms. The first kappa shape index (κ1) is 13.5. The van der Waals surface area contributed by atoms with Gasteiger partial charge in [-0.25, -0.2) is 9.78 Å². The van der Waals surface area contributed by atoms with Gasteiger partial charge in [-0.3, -0.25) is 9.36 Å². The van der Waals surface area contributed by atoms with Crippen LogP contribution in [-0.4, -0.2) is 59.2 Å². The monoisotopic (exact) mass is 266 g/mol. The Kier molecular flexibility index (Phi) is 4.51. The lowest BCUT2D eigenvalue weighted by atomic mass is 10.1. The molecule has 0 spiro atoms. The molecule has 2 amide bonds. The Balaban J connectivity index is 1.79. The lowest BCUT2D eigenvalue weighted by Crippen LogP contribution is -2.48. The largest absolute Gasteiger partial charge is 0.375 e. The number of nitrogens with zero attached hydrogens (tertiary/aromatic N) is 3. The van der Waals surface area contributed by atoms with Crippen LogP contribution >= 0.6 is 0 Å².